The van der Waals surface area contributed by atoms with Crippen molar-refractivity contribution >= 4 is 28.7 Å². The first kappa shape index (κ1) is 19.0. The van der Waals surface area contributed by atoms with E-state index >= 15 is 0 Å². The number of nitrogens with two attached hydrogens (primary N) is 1. The predicted molar refractivity (Wildman–Crippen MR) is 101 cm³/mol. The van der Waals surface area contributed by atoms with E-state index in [0.717, 1.165) is 0 Å². The molecule has 8 heteroatoms. The number of benzene rings is 1. The van der Waals surface area contributed by atoms with Gasteiger partial charge in [0.2, 0.25) is 0 Å². The highest BCUT2D eigenvalue weighted by Crippen LogP contribution is 2.46. The Morgan fingerprint density at radius 2 is 2.27 bits per heavy atom. The number of nitrogens with one attached hydrogen (secondary N) is 1. The highest BCUT2D eigenvalue weighted by Gasteiger charge is 2.47. The molecule has 0 radical (unpaired) electrons. The lowest BCUT2D eigenvalue weighted by atomic mass is 9.75. The van der Waals surface area contributed by atoms with Crippen LogP contribution >= 0.6 is 11.8 Å². The van der Waals surface area contributed by atoms with Gasteiger partial charge < -0.3 is 15.2 Å². The number of amides is 1. The van der Waals surface area contributed by atoms with E-state index in [2.05, 4.69) is 5.32 Å². The Bertz CT molecular complexity index is 735. The smallest absolute Gasteiger partial charge is 0.413 e. The Morgan fingerprint density at radius 1 is 1.50 bits per heavy atom. The zero-order chi connectivity index (χ0) is 18.9. The summed E-state index contributed by atoms with van der Waals surface area (Å²) in [6.45, 7) is 6.34. The van der Waals surface area contributed by atoms with E-state index in [1.165, 1.54) is 23.9 Å². The van der Waals surface area contributed by atoms with Gasteiger partial charge in [-0.1, -0.05) is 11.8 Å². The number of hydrogen-bond acceptors (Lipinski definition) is 6. The molecule has 3 rings (SSSR count). The Hall–Kier alpha value is -1.80. The molecule has 1 aromatic carbocycles. The summed E-state index contributed by atoms with van der Waals surface area (Å²) in [6, 6.07) is 4.54. The number of amidine groups is 1. The quantitative estimate of drug-likeness (QED) is 0.729. The monoisotopic (exact) mass is 381 g/mol. The number of hydrogen-bond donors (Lipinski definition) is 2. The van der Waals surface area contributed by atoms with Gasteiger partial charge in [0.1, 0.15) is 11.4 Å². The Kier molecular flexibility index (Phi) is 5.16. The number of fused-ring (bicyclic) bond motifs is 1. The average Bonchev–Trinajstić information content (AvgIpc) is 2.55. The summed E-state index contributed by atoms with van der Waals surface area (Å²) in [5, 5.41) is 3.12. The van der Waals surface area contributed by atoms with Crippen molar-refractivity contribution in [1.29, 1.82) is 0 Å². The number of nitrogens with zero attached hydrogens (tertiary/aromatic N) is 1. The Morgan fingerprint density at radius 3 is 3.00 bits per heavy atom. The van der Waals surface area contributed by atoms with E-state index in [1.54, 1.807) is 26.8 Å². The molecule has 1 aromatic rings. The molecule has 2 atom stereocenters. The fourth-order valence-corrected chi connectivity index (χ4v) is 4.38. The molecule has 0 aliphatic carbocycles. The first-order valence-corrected chi connectivity index (χ1v) is 9.54. The van der Waals surface area contributed by atoms with Gasteiger partial charge in [0, 0.05) is 35.9 Å². The van der Waals surface area contributed by atoms with E-state index in [4.69, 9.17) is 20.2 Å². The van der Waals surface area contributed by atoms with E-state index in [1.807, 2.05) is 0 Å². The van der Waals surface area contributed by atoms with Crippen molar-refractivity contribution in [2.24, 2.45) is 10.9 Å². The standard InChI is InChI=1S/C18H24FN3O3S/c1-17(2,3)25-16(23)21-15-22-18(6-7-24-9-11(18)10-26-15)13-8-12(20)4-5-14(13)19/h4-5,8,11H,6-7,9-10,20H2,1-3H3,(H,21,22,23)/t11-,18+/m1/s1. The molecule has 3 N–H and O–H groups in total. The first-order chi connectivity index (χ1) is 12.2. The van der Waals surface area contributed by atoms with Gasteiger partial charge >= 0.3 is 6.09 Å². The zero-order valence-electron chi connectivity index (χ0n) is 15.2. The van der Waals surface area contributed by atoms with Crippen LogP contribution < -0.4 is 11.1 Å². The van der Waals surface area contributed by atoms with Crippen molar-refractivity contribution in [3.63, 3.8) is 0 Å². The van der Waals surface area contributed by atoms with E-state index in [0.29, 0.717) is 41.8 Å². The van der Waals surface area contributed by atoms with Crippen LogP contribution in [0.25, 0.3) is 0 Å². The second kappa shape index (κ2) is 7.08. The molecular weight excluding hydrogens is 357 g/mol. The normalized spacial score (nSPS) is 25.8. The molecule has 1 amide bonds. The minimum Gasteiger partial charge on any atom is -0.444 e. The maximum absolute atomic E-state index is 14.6. The minimum atomic E-state index is -0.798. The third-order valence-electron chi connectivity index (χ3n) is 4.41. The molecule has 0 spiro atoms. The lowest BCUT2D eigenvalue weighted by Gasteiger charge is -2.44. The van der Waals surface area contributed by atoms with Crippen LogP contribution in [0, 0.1) is 11.7 Å². The van der Waals surface area contributed by atoms with Gasteiger partial charge in [-0.3, -0.25) is 10.3 Å². The molecule has 6 nitrogen and oxygen atoms in total. The highest BCUT2D eigenvalue weighted by molar-refractivity contribution is 8.13. The molecule has 2 aliphatic heterocycles. The number of rotatable bonds is 1. The average molecular weight is 381 g/mol. The number of carbonyl (C=O) groups excluding carboxylic acids is 1. The number of alkyl carbamates (subject to hydrolysis) is 1. The van der Waals surface area contributed by atoms with Crippen molar-refractivity contribution < 1.29 is 18.7 Å². The zero-order valence-corrected chi connectivity index (χ0v) is 16.0. The number of aliphatic imine (C=N–C) groups is 1. The minimum absolute atomic E-state index is 0.00161. The second-order valence-electron chi connectivity index (χ2n) is 7.54. The number of ether oxygens (including phenoxy) is 2. The van der Waals surface area contributed by atoms with Gasteiger partial charge in [0.15, 0.2) is 5.17 Å². The van der Waals surface area contributed by atoms with Gasteiger partial charge in [-0.15, -0.1) is 0 Å². The van der Waals surface area contributed by atoms with Crippen molar-refractivity contribution in [2.45, 2.75) is 38.3 Å². The maximum Gasteiger partial charge on any atom is 0.413 e. The molecule has 1 fully saturated rings. The molecule has 0 unspecified atom stereocenters. The van der Waals surface area contributed by atoms with Gasteiger partial charge in [-0.25, -0.2) is 9.18 Å². The molecule has 142 valence electrons. The van der Waals surface area contributed by atoms with Crippen molar-refractivity contribution in [3.8, 4) is 0 Å². The number of thioether (sulfide) groups is 1. The van der Waals surface area contributed by atoms with Gasteiger partial charge in [-0.05, 0) is 39.0 Å². The molecule has 26 heavy (non-hydrogen) atoms. The first-order valence-electron chi connectivity index (χ1n) is 8.55. The van der Waals surface area contributed by atoms with Gasteiger partial charge in [0.25, 0.3) is 0 Å². The van der Waals surface area contributed by atoms with Crippen LogP contribution in [0.15, 0.2) is 23.2 Å². The molecular formula is C18H24FN3O3S. The van der Waals surface area contributed by atoms with E-state index in [-0.39, 0.29) is 11.7 Å². The lowest BCUT2D eigenvalue weighted by molar-refractivity contribution is 0.00869. The van der Waals surface area contributed by atoms with Crippen molar-refractivity contribution in [1.82, 2.24) is 5.32 Å². The summed E-state index contributed by atoms with van der Waals surface area (Å²) in [7, 11) is 0. The number of halogens is 1. The van der Waals surface area contributed by atoms with Crippen molar-refractivity contribution in [2.75, 3.05) is 24.7 Å². The van der Waals surface area contributed by atoms with Gasteiger partial charge in [0.05, 0.1) is 12.1 Å². The third kappa shape index (κ3) is 3.96. The number of carbonyl (C=O) groups is 1. The summed E-state index contributed by atoms with van der Waals surface area (Å²) >= 11 is 1.41. The summed E-state index contributed by atoms with van der Waals surface area (Å²) < 4.78 is 25.5. The molecule has 0 saturated carbocycles. The van der Waals surface area contributed by atoms with Crippen LogP contribution in [0.3, 0.4) is 0 Å². The van der Waals surface area contributed by atoms with Crippen LogP contribution in [-0.4, -0.2) is 35.8 Å². The van der Waals surface area contributed by atoms with Crippen LogP contribution in [-0.2, 0) is 15.0 Å². The van der Waals surface area contributed by atoms with Crippen LogP contribution in [0.5, 0.6) is 0 Å². The second-order valence-corrected chi connectivity index (χ2v) is 8.55. The number of anilines is 1. The predicted octanol–water partition coefficient (Wildman–Crippen LogP) is 3.27. The molecule has 2 heterocycles. The molecule has 0 aromatic heterocycles. The number of nitrogen functional groups attached to an aromatic ring is 1. The van der Waals surface area contributed by atoms with Crippen LogP contribution in [0.4, 0.5) is 14.9 Å². The summed E-state index contributed by atoms with van der Waals surface area (Å²) in [6.07, 6.45) is -0.0459. The Labute approximate surface area is 156 Å². The molecule has 0 bridgehead atoms. The molecule has 1 saturated heterocycles. The largest absolute Gasteiger partial charge is 0.444 e. The third-order valence-corrected chi connectivity index (χ3v) is 5.44. The van der Waals surface area contributed by atoms with Crippen LogP contribution in [0.2, 0.25) is 0 Å². The van der Waals surface area contributed by atoms with E-state index < -0.39 is 17.2 Å². The highest BCUT2D eigenvalue weighted by atomic mass is 32.2. The topological polar surface area (TPSA) is 85.9 Å². The SMILES string of the molecule is CC(C)(C)OC(=O)NC1=N[C@@]2(c3cc(N)ccc3F)CCOC[C@@H]2CS1. The van der Waals surface area contributed by atoms with Crippen LogP contribution in [0.1, 0.15) is 32.8 Å². The summed E-state index contributed by atoms with van der Waals surface area (Å²) in [4.78, 5) is 16.9. The molecule has 2 aliphatic rings. The summed E-state index contributed by atoms with van der Waals surface area (Å²) in [5.41, 5.74) is 5.43. The maximum atomic E-state index is 14.6. The summed E-state index contributed by atoms with van der Waals surface area (Å²) in [5.74, 6) is 0.308. The van der Waals surface area contributed by atoms with Crippen molar-refractivity contribution in [3.05, 3.63) is 29.6 Å². The van der Waals surface area contributed by atoms with Gasteiger partial charge in [-0.2, -0.15) is 0 Å². The van der Waals surface area contributed by atoms with E-state index in [9.17, 15) is 9.18 Å². The lowest BCUT2D eigenvalue weighted by Crippen LogP contribution is -2.48. The fraction of sp³-hybridized carbons (Fsp3) is 0.556. The fourth-order valence-electron chi connectivity index (χ4n) is 3.27. The Balaban J connectivity index is 1.95.